The van der Waals surface area contributed by atoms with E-state index in [-0.39, 0.29) is 17.4 Å². The lowest BCUT2D eigenvalue weighted by Crippen LogP contribution is -2.28. The highest BCUT2D eigenvalue weighted by atomic mass is 35.5. The summed E-state index contributed by atoms with van der Waals surface area (Å²) in [5.74, 6) is -0.672. The Bertz CT molecular complexity index is 1000. The fourth-order valence-corrected chi connectivity index (χ4v) is 2.75. The minimum atomic E-state index is -0.422. The number of amides is 2. The molecule has 1 aromatic carbocycles. The minimum absolute atomic E-state index is 0.133. The van der Waals surface area contributed by atoms with Crippen LogP contribution in [0.4, 0.5) is 5.69 Å². The zero-order valence-corrected chi connectivity index (χ0v) is 15.7. The number of hydrogen-bond acceptors (Lipinski definition) is 4. The number of carbonyl (C=O) groups is 2. The summed E-state index contributed by atoms with van der Waals surface area (Å²) in [6, 6.07) is 10.5. The second-order valence-corrected chi connectivity index (χ2v) is 6.31. The zero-order valence-electron chi connectivity index (χ0n) is 15.0. The highest BCUT2D eigenvalue weighted by molar-refractivity contribution is 6.31. The van der Waals surface area contributed by atoms with Gasteiger partial charge in [0.2, 0.25) is 5.82 Å². The number of fused-ring (bicyclic) bond motifs is 1. The summed E-state index contributed by atoms with van der Waals surface area (Å²) in [6.45, 7) is 2.61. The van der Waals surface area contributed by atoms with E-state index in [9.17, 15) is 9.59 Å². The van der Waals surface area contributed by atoms with Crippen LogP contribution in [0.2, 0.25) is 5.02 Å². The number of aromatic nitrogens is 2. The van der Waals surface area contributed by atoms with Crippen LogP contribution in [-0.2, 0) is 4.74 Å². The highest BCUT2D eigenvalue weighted by Gasteiger charge is 2.21. The molecule has 0 saturated carbocycles. The van der Waals surface area contributed by atoms with E-state index in [0.29, 0.717) is 29.4 Å². The summed E-state index contributed by atoms with van der Waals surface area (Å²) >= 11 is 6.11. The maximum Gasteiger partial charge on any atom is 0.287 e. The number of hydrogen-bond donors (Lipinski definition) is 2. The second-order valence-electron chi connectivity index (χ2n) is 5.91. The van der Waals surface area contributed by atoms with Crippen molar-refractivity contribution in [3.05, 3.63) is 64.7 Å². The van der Waals surface area contributed by atoms with Crippen LogP contribution >= 0.6 is 11.6 Å². The van der Waals surface area contributed by atoms with E-state index in [2.05, 4.69) is 15.6 Å². The fourth-order valence-electron chi connectivity index (χ4n) is 2.57. The van der Waals surface area contributed by atoms with Crippen molar-refractivity contribution >= 4 is 34.6 Å². The van der Waals surface area contributed by atoms with Crippen LogP contribution in [0, 0.1) is 6.92 Å². The molecule has 2 aromatic heterocycles. The topological polar surface area (TPSA) is 84.7 Å². The molecule has 0 bridgehead atoms. The molecule has 7 nitrogen and oxygen atoms in total. The number of imidazole rings is 1. The zero-order chi connectivity index (χ0) is 19.4. The number of benzene rings is 1. The molecule has 2 heterocycles. The van der Waals surface area contributed by atoms with Crippen LogP contribution in [0.5, 0.6) is 0 Å². The summed E-state index contributed by atoms with van der Waals surface area (Å²) in [4.78, 5) is 29.4. The first kappa shape index (κ1) is 18.9. The number of halogens is 1. The highest BCUT2D eigenvalue weighted by Crippen LogP contribution is 2.21. The summed E-state index contributed by atoms with van der Waals surface area (Å²) in [5, 5.41) is 6.04. The smallest absolute Gasteiger partial charge is 0.287 e. The van der Waals surface area contributed by atoms with Crippen molar-refractivity contribution in [3.63, 3.8) is 0 Å². The van der Waals surface area contributed by atoms with Gasteiger partial charge in [0.1, 0.15) is 0 Å². The number of rotatable bonds is 6. The van der Waals surface area contributed by atoms with Crippen molar-refractivity contribution in [2.45, 2.75) is 6.92 Å². The SMILES string of the molecule is COCCNC(=O)c1nc(C(=O)Nc2ccc(C)c(Cl)c2)c2ccccn12. The van der Waals surface area contributed by atoms with Gasteiger partial charge < -0.3 is 15.4 Å². The third kappa shape index (κ3) is 4.10. The van der Waals surface area contributed by atoms with Gasteiger partial charge in [-0.25, -0.2) is 4.98 Å². The lowest BCUT2D eigenvalue weighted by Gasteiger charge is -2.05. The number of aryl methyl sites for hydroxylation is 1. The number of ether oxygens (including phenoxy) is 1. The molecule has 8 heteroatoms. The first-order valence-corrected chi connectivity index (χ1v) is 8.71. The molecule has 0 aliphatic heterocycles. The van der Waals surface area contributed by atoms with E-state index in [1.54, 1.807) is 48.0 Å². The van der Waals surface area contributed by atoms with Crippen molar-refractivity contribution in [3.8, 4) is 0 Å². The average molecular weight is 387 g/mol. The monoisotopic (exact) mass is 386 g/mol. The molecule has 0 aliphatic rings. The van der Waals surface area contributed by atoms with Crippen LogP contribution in [0.3, 0.4) is 0 Å². The molecule has 0 spiro atoms. The molecule has 2 amide bonds. The summed E-state index contributed by atoms with van der Waals surface area (Å²) in [5.41, 5.74) is 2.16. The standard InChI is InChI=1S/C19H19ClN4O3/c1-12-6-7-13(11-14(12)20)22-18(25)16-15-5-3-4-9-24(15)17(23-16)19(26)21-8-10-27-2/h3-7,9,11H,8,10H2,1-2H3,(H,21,26)(H,22,25). The number of pyridine rings is 1. The molecule has 2 N–H and O–H groups in total. The van der Waals surface area contributed by atoms with Gasteiger partial charge in [-0.1, -0.05) is 23.7 Å². The maximum atomic E-state index is 12.7. The van der Waals surface area contributed by atoms with Crippen LogP contribution in [-0.4, -0.2) is 41.5 Å². The molecule has 0 fully saturated rings. The van der Waals surface area contributed by atoms with E-state index in [0.717, 1.165) is 5.56 Å². The first-order valence-electron chi connectivity index (χ1n) is 8.33. The predicted octanol–water partition coefficient (Wildman–Crippen LogP) is 2.92. The van der Waals surface area contributed by atoms with Gasteiger partial charge in [-0.3, -0.25) is 14.0 Å². The largest absolute Gasteiger partial charge is 0.383 e. The fraction of sp³-hybridized carbons (Fsp3) is 0.211. The molecule has 0 saturated heterocycles. The van der Waals surface area contributed by atoms with Gasteiger partial charge in [0.25, 0.3) is 11.8 Å². The van der Waals surface area contributed by atoms with Gasteiger partial charge in [-0.15, -0.1) is 0 Å². The summed E-state index contributed by atoms with van der Waals surface area (Å²) in [6.07, 6.45) is 1.69. The van der Waals surface area contributed by atoms with Gasteiger partial charge in [0, 0.05) is 30.6 Å². The van der Waals surface area contributed by atoms with Crippen molar-refractivity contribution < 1.29 is 14.3 Å². The number of nitrogens with one attached hydrogen (secondary N) is 2. The van der Waals surface area contributed by atoms with Crippen molar-refractivity contribution in [2.75, 3.05) is 25.6 Å². The molecule has 140 valence electrons. The van der Waals surface area contributed by atoms with E-state index in [4.69, 9.17) is 16.3 Å². The Morgan fingerprint density at radius 1 is 1.22 bits per heavy atom. The van der Waals surface area contributed by atoms with E-state index in [1.165, 1.54) is 0 Å². The van der Waals surface area contributed by atoms with Crippen LogP contribution in [0.25, 0.3) is 5.52 Å². The Morgan fingerprint density at radius 2 is 2.04 bits per heavy atom. The molecular weight excluding hydrogens is 368 g/mol. The minimum Gasteiger partial charge on any atom is -0.383 e. The quantitative estimate of drug-likeness (QED) is 0.638. The van der Waals surface area contributed by atoms with Gasteiger partial charge in [0.15, 0.2) is 5.69 Å². The summed E-state index contributed by atoms with van der Waals surface area (Å²) in [7, 11) is 1.55. The Balaban J connectivity index is 1.90. The Hall–Kier alpha value is -2.90. The van der Waals surface area contributed by atoms with Crippen LogP contribution < -0.4 is 10.6 Å². The van der Waals surface area contributed by atoms with Gasteiger partial charge >= 0.3 is 0 Å². The average Bonchev–Trinajstić information content (AvgIpc) is 3.05. The first-order chi connectivity index (χ1) is 13.0. The van der Waals surface area contributed by atoms with Crippen LogP contribution in [0.1, 0.15) is 26.7 Å². The van der Waals surface area contributed by atoms with Crippen molar-refractivity contribution in [1.29, 1.82) is 0 Å². The number of anilines is 1. The lowest BCUT2D eigenvalue weighted by atomic mass is 10.2. The molecule has 0 radical (unpaired) electrons. The Labute approximate surface area is 161 Å². The number of nitrogens with zero attached hydrogens (tertiary/aromatic N) is 2. The molecule has 0 atom stereocenters. The molecule has 0 aliphatic carbocycles. The predicted molar refractivity (Wildman–Crippen MR) is 104 cm³/mol. The normalized spacial score (nSPS) is 10.8. The summed E-state index contributed by atoms with van der Waals surface area (Å²) < 4.78 is 6.51. The lowest BCUT2D eigenvalue weighted by molar-refractivity contribution is 0.0926. The van der Waals surface area contributed by atoms with E-state index >= 15 is 0 Å². The van der Waals surface area contributed by atoms with Gasteiger partial charge in [-0.2, -0.15) is 0 Å². The van der Waals surface area contributed by atoms with E-state index < -0.39 is 5.91 Å². The number of methoxy groups -OCH3 is 1. The van der Waals surface area contributed by atoms with Gasteiger partial charge in [-0.05, 0) is 36.8 Å². The van der Waals surface area contributed by atoms with Crippen molar-refractivity contribution in [2.24, 2.45) is 0 Å². The van der Waals surface area contributed by atoms with Crippen molar-refractivity contribution in [1.82, 2.24) is 14.7 Å². The molecule has 3 rings (SSSR count). The third-order valence-electron chi connectivity index (χ3n) is 3.99. The van der Waals surface area contributed by atoms with Crippen LogP contribution in [0.15, 0.2) is 42.6 Å². The molecule has 0 unspecified atom stereocenters. The second kappa shape index (κ2) is 8.20. The Morgan fingerprint density at radius 3 is 2.78 bits per heavy atom. The molecule has 3 aromatic rings. The van der Waals surface area contributed by atoms with Gasteiger partial charge in [0.05, 0.1) is 12.1 Å². The van der Waals surface area contributed by atoms with E-state index in [1.807, 2.05) is 13.0 Å². The maximum absolute atomic E-state index is 12.7. The number of carbonyl (C=O) groups excluding carboxylic acids is 2. The molecule has 27 heavy (non-hydrogen) atoms. The molecular formula is C19H19ClN4O3. The Kier molecular flexibility index (Phi) is 5.73. The third-order valence-corrected chi connectivity index (χ3v) is 4.40.